The number of para-hydroxylation sites is 1. The van der Waals surface area contributed by atoms with Gasteiger partial charge in [-0.3, -0.25) is 9.59 Å². The Hall–Kier alpha value is -2.62. The van der Waals surface area contributed by atoms with Crippen molar-refractivity contribution in [2.45, 2.75) is 32.9 Å². The molecule has 23 heavy (non-hydrogen) atoms. The molecular formula is C19H22N2O2. The molecule has 2 aromatic carbocycles. The second-order valence-corrected chi connectivity index (χ2v) is 5.70. The fourth-order valence-corrected chi connectivity index (χ4v) is 2.30. The van der Waals surface area contributed by atoms with E-state index in [1.54, 1.807) is 4.90 Å². The molecule has 1 N–H and O–H groups in total. The van der Waals surface area contributed by atoms with E-state index in [-0.39, 0.29) is 24.3 Å². The summed E-state index contributed by atoms with van der Waals surface area (Å²) < 4.78 is 0. The van der Waals surface area contributed by atoms with Crippen LogP contribution in [-0.2, 0) is 16.1 Å². The van der Waals surface area contributed by atoms with Gasteiger partial charge in [-0.1, -0.05) is 48.5 Å². The highest BCUT2D eigenvalue weighted by Gasteiger charge is 2.19. The quantitative estimate of drug-likeness (QED) is 0.833. The van der Waals surface area contributed by atoms with Crippen molar-refractivity contribution in [3.63, 3.8) is 0 Å². The first-order chi connectivity index (χ1) is 11.1. The zero-order chi connectivity index (χ0) is 16.7. The Morgan fingerprint density at radius 3 is 2.09 bits per heavy atom. The molecule has 0 heterocycles. The smallest absolute Gasteiger partial charge is 0.236 e. The fourth-order valence-electron chi connectivity index (χ4n) is 2.30. The van der Waals surface area contributed by atoms with Crippen LogP contribution in [0.25, 0.3) is 0 Å². The predicted octanol–water partition coefficient (Wildman–Crippen LogP) is 3.13. The third-order valence-electron chi connectivity index (χ3n) is 3.31. The Balaban J connectivity index is 2.16. The van der Waals surface area contributed by atoms with Gasteiger partial charge in [0.1, 0.15) is 6.42 Å². The van der Waals surface area contributed by atoms with Crippen molar-refractivity contribution in [2.75, 3.05) is 4.90 Å². The summed E-state index contributed by atoms with van der Waals surface area (Å²) in [4.78, 5) is 26.1. The number of nitrogens with zero attached hydrogens (tertiary/aromatic N) is 1. The van der Waals surface area contributed by atoms with Gasteiger partial charge in [0.2, 0.25) is 11.8 Å². The molecule has 0 atom stereocenters. The summed E-state index contributed by atoms with van der Waals surface area (Å²) in [5.74, 6) is -0.461. The van der Waals surface area contributed by atoms with Gasteiger partial charge in [0.25, 0.3) is 0 Å². The molecule has 0 radical (unpaired) electrons. The van der Waals surface area contributed by atoms with Gasteiger partial charge in [-0.15, -0.1) is 0 Å². The first-order valence-corrected chi connectivity index (χ1v) is 7.75. The number of rotatable bonds is 6. The van der Waals surface area contributed by atoms with E-state index in [1.807, 2.05) is 74.5 Å². The summed E-state index contributed by atoms with van der Waals surface area (Å²) in [7, 11) is 0. The minimum Gasteiger partial charge on any atom is -0.353 e. The zero-order valence-electron chi connectivity index (χ0n) is 13.5. The van der Waals surface area contributed by atoms with Crippen LogP contribution in [0.4, 0.5) is 5.69 Å². The molecule has 0 aliphatic carbocycles. The second-order valence-electron chi connectivity index (χ2n) is 5.70. The maximum absolute atomic E-state index is 12.6. The van der Waals surface area contributed by atoms with E-state index >= 15 is 0 Å². The van der Waals surface area contributed by atoms with E-state index < -0.39 is 0 Å². The highest BCUT2D eigenvalue weighted by molar-refractivity contribution is 6.04. The largest absolute Gasteiger partial charge is 0.353 e. The van der Waals surface area contributed by atoms with Crippen LogP contribution in [-0.4, -0.2) is 17.9 Å². The van der Waals surface area contributed by atoms with Crippen LogP contribution in [0.15, 0.2) is 60.7 Å². The second kappa shape index (κ2) is 8.13. The first-order valence-electron chi connectivity index (χ1n) is 7.75. The van der Waals surface area contributed by atoms with E-state index in [1.165, 1.54) is 0 Å². The number of nitrogens with one attached hydrogen (secondary N) is 1. The molecule has 0 fully saturated rings. The summed E-state index contributed by atoms with van der Waals surface area (Å²) in [6.07, 6.45) is -0.153. The van der Waals surface area contributed by atoms with Crippen LogP contribution in [0.5, 0.6) is 0 Å². The van der Waals surface area contributed by atoms with Gasteiger partial charge in [-0.2, -0.15) is 0 Å². The molecule has 0 bridgehead atoms. The monoisotopic (exact) mass is 310 g/mol. The number of hydrogen-bond donors (Lipinski definition) is 1. The Labute approximate surface area is 137 Å². The molecule has 0 spiro atoms. The van der Waals surface area contributed by atoms with Crippen LogP contribution >= 0.6 is 0 Å². The third kappa shape index (κ3) is 5.25. The van der Waals surface area contributed by atoms with Crippen LogP contribution in [0.3, 0.4) is 0 Å². The van der Waals surface area contributed by atoms with Crippen molar-refractivity contribution in [3.8, 4) is 0 Å². The van der Waals surface area contributed by atoms with Gasteiger partial charge >= 0.3 is 0 Å². The lowest BCUT2D eigenvalue weighted by Crippen LogP contribution is -2.37. The van der Waals surface area contributed by atoms with Crippen LogP contribution in [0, 0.1) is 0 Å². The van der Waals surface area contributed by atoms with E-state index in [0.29, 0.717) is 6.54 Å². The molecule has 2 rings (SSSR count). The summed E-state index contributed by atoms with van der Waals surface area (Å²) in [6.45, 7) is 4.20. The topological polar surface area (TPSA) is 49.4 Å². The van der Waals surface area contributed by atoms with E-state index in [9.17, 15) is 9.59 Å². The van der Waals surface area contributed by atoms with Gasteiger partial charge < -0.3 is 10.2 Å². The van der Waals surface area contributed by atoms with Gasteiger partial charge in [-0.25, -0.2) is 0 Å². The number of carbonyl (C=O) groups is 2. The normalized spacial score (nSPS) is 10.4. The zero-order valence-corrected chi connectivity index (χ0v) is 13.5. The Kier molecular flexibility index (Phi) is 5.92. The number of hydrogen-bond acceptors (Lipinski definition) is 2. The van der Waals surface area contributed by atoms with Crippen molar-refractivity contribution in [3.05, 3.63) is 66.2 Å². The highest BCUT2D eigenvalue weighted by atomic mass is 16.2. The standard InChI is InChI=1S/C19H22N2O2/c1-15(2)20-18(22)13-19(23)21(17-11-7-4-8-12-17)14-16-9-5-3-6-10-16/h3-12,15H,13-14H2,1-2H3,(H,20,22). The molecule has 120 valence electrons. The molecule has 0 unspecified atom stereocenters. The molecular weight excluding hydrogens is 288 g/mol. The molecule has 4 nitrogen and oxygen atoms in total. The van der Waals surface area contributed by atoms with Gasteiger partial charge in [0.05, 0.1) is 6.54 Å². The lowest BCUT2D eigenvalue weighted by molar-refractivity contribution is -0.128. The van der Waals surface area contributed by atoms with Crippen LogP contribution in [0.1, 0.15) is 25.8 Å². The number of benzene rings is 2. The van der Waals surface area contributed by atoms with Crippen molar-refractivity contribution < 1.29 is 9.59 Å². The fraction of sp³-hybridized carbons (Fsp3) is 0.263. The predicted molar refractivity (Wildman–Crippen MR) is 92.0 cm³/mol. The maximum atomic E-state index is 12.6. The van der Waals surface area contributed by atoms with E-state index in [4.69, 9.17) is 0 Å². The number of carbonyl (C=O) groups excluding carboxylic acids is 2. The Morgan fingerprint density at radius 1 is 0.957 bits per heavy atom. The van der Waals surface area contributed by atoms with Crippen LogP contribution in [0.2, 0.25) is 0 Å². The van der Waals surface area contributed by atoms with E-state index in [0.717, 1.165) is 11.3 Å². The number of amides is 2. The molecule has 0 aliphatic heterocycles. The Bertz CT molecular complexity index is 639. The van der Waals surface area contributed by atoms with Crippen molar-refractivity contribution >= 4 is 17.5 Å². The average molecular weight is 310 g/mol. The maximum Gasteiger partial charge on any atom is 0.236 e. The molecule has 0 aromatic heterocycles. The lowest BCUT2D eigenvalue weighted by atomic mass is 10.1. The first kappa shape index (κ1) is 16.7. The molecule has 4 heteroatoms. The van der Waals surface area contributed by atoms with E-state index in [2.05, 4.69) is 5.32 Å². The summed E-state index contributed by atoms with van der Waals surface area (Å²) in [5, 5.41) is 2.76. The summed E-state index contributed by atoms with van der Waals surface area (Å²) in [6, 6.07) is 19.2. The SMILES string of the molecule is CC(C)NC(=O)CC(=O)N(Cc1ccccc1)c1ccccc1. The molecule has 2 amide bonds. The van der Waals surface area contributed by atoms with Gasteiger partial charge in [0.15, 0.2) is 0 Å². The summed E-state index contributed by atoms with van der Waals surface area (Å²) >= 11 is 0. The van der Waals surface area contributed by atoms with Crippen molar-refractivity contribution in [1.82, 2.24) is 5.32 Å². The minimum atomic E-state index is -0.251. The number of anilines is 1. The van der Waals surface area contributed by atoms with Crippen LogP contribution < -0.4 is 10.2 Å². The molecule has 0 saturated carbocycles. The molecule has 2 aromatic rings. The van der Waals surface area contributed by atoms with Gasteiger partial charge in [-0.05, 0) is 31.5 Å². The average Bonchev–Trinajstić information content (AvgIpc) is 2.53. The minimum absolute atomic E-state index is 0.0228. The van der Waals surface area contributed by atoms with Crippen molar-refractivity contribution in [2.24, 2.45) is 0 Å². The summed E-state index contributed by atoms with van der Waals surface area (Å²) in [5.41, 5.74) is 1.81. The Morgan fingerprint density at radius 2 is 1.52 bits per heavy atom. The third-order valence-corrected chi connectivity index (χ3v) is 3.31. The molecule has 0 aliphatic rings. The lowest BCUT2D eigenvalue weighted by Gasteiger charge is -2.23. The van der Waals surface area contributed by atoms with Gasteiger partial charge in [0, 0.05) is 11.7 Å². The molecule has 0 saturated heterocycles. The van der Waals surface area contributed by atoms with Crippen molar-refractivity contribution in [1.29, 1.82) is 0 Å². The highest BCUT2D eigenvalue weighted by Crippen LogP contribution is 2.18.